The summed E-state index contributed by atoms with van der Waals surface area (Å²) in [5, 5.41) is 9.71. The lowest BCUT2D eigenvalue weighted by atomic mass is 10.0. The predicted octanol–water partition coefficient (Wildman–Crippen LogP) is 2.47. The van der Waals surface area contributed by atoms with E-state index in [-0.39, 0.29) is 12.0 Å². The predicted molar refractivity (Wildman–Crippen MR) is 89.4 cm³/mol. The number of carboxylic acids is 1. The van der Waals surface area contributed by atoms with E-state index in [1.165, 1.54) is 10.9 Å². The summed E-state index contributed by atoms with van der Waals surface area (Å²) in [5.41, 5.74) is 1.03. The molecule has 0 saturated heterocycles. The van der Waals surface area contributed by atoms with Gasteiger partial charge in [0.25, 0.3) is 5.56 Å². The summed E-state index contributed by atoms with van der Waals surface area (Å²) in [6.45, 7) is 0. The number of nitrogens with zero attached hydrogens (tertiary/aromatic N) is 2. The van der Waals surface area contributed by atoms with Crippen LogP contribution in [0, 0.1) is 0 Å². The Kier molecular flexibility index (Phi) is 4.29. The topological polar surface area (TPSA) is 81.4 Å². The van der Waals surface area contributed by atoms with Gasteiger partial charge < -0.3 is 9.84 Å². The zero-order valence-corrected chi connectivity index (χ0v) is 13.0. The zero-order chi connectivity index (χ0) is 17.1. The van der Waals surface area contributed by atoms with E-state index in [0.29, 0.717) is 22.2 Å². The highest BCUT2D eigenvalue weighted by Gasteiger charge is 2.20. The van der Waals surface area contributed by atoms with Gasteiger partial charge in [-0.25, -0.2) is 4.98 Å². The molecule has 0 aliphatic carbocycles. The molecule has 0 saturated carbocycles. The average molecular weight is 324 g/mol. The fourth-order valence-corrected chi connectivity index (χ4v) is 2.67. The Morgan fingerprint density at radius 2 is 1.92 bits per heavy atom. The summed E-state index contributed by atoms with van der Waals surface area (Å²) in [7, 11) is 1.56. The third-order valence-corrected chi connectivity index (χ3v) is 3.89. The summed E-state index contributed by atoms with van der Waals surface area (Å²) in [6, 6.07) is 13.4. The van der Waals surface area contributed by atoms with Crippen LogP contribution in [0.25, 0.3) is 10.9 Å². The van der Waals surface area contributed by atoms with Crippen molar-refractivity contribution in [2.24, 2.45) is 0 Å². The minimum absolute atomic E-state index is 0.216. The molecule has 0 aliphatic heterocycles. The Morgan fingerprint density at radius 3 is 2.58 bits per heavy atom. The highest BCUT2D eigenvalue weighted by molar-refractivity contribution is 5.77. The van der Waals surface area contributed by atoms with Crippen molar-refractivity contribution in [1.29, 1.82) is 0 Å². The van der Waals surface area contributed by atoms with Gasteiger partial charge in [0, 0.05) is 0 Å². The Bertz CT molecular complexity index is 932. The molecule has 24 heavy (non-hydrogen) atoms. The number of benzene rings is 2. The fraction of sp³-hybridized carbons (Fsp3) is 0.167. The van der Waals surface area contributed by atoms with E-state index in [9.17, 15) is 14.7 Å². The number of carboxylic acid groups (broad SMARTS) is 1. The van der Waals surface area contributed by atoms with Gasteiger partial charge in [-0.15, -0.1) is 0 Å². The van der Waals surface area contributed by atoms with Crippen molar-refractivity contribution in [3.05, 3.63) is 70.8 Å². The number of para-hydroxylation sites is 1. The molecule has 1 heterocycles. The van der Waals surface area contributed by atoms with Crippen LogP contribution in [0.15, 0.2) is 59.7 Å². The molecule has 6 nitrogen and oxygen atoms in total. The van der Waals surface area contributed by atoms with Gasteiger partial charge >= 0.3 is 5.97 Å². The van der Waals surface area contributed by atoms with Crippen molar-refractivity contribution in [3.63, 3.8) is 0 Å². The minimum Gasteiger partial charge on any atom is -0.497 e. The highest BCUT2D eigenvalue weighted by Crippen LogP contribution is 2.23. The molecular weight excluding hydrogens is 308 g/mol. The summed E-state index contributed by atoms with van der Waals surface area (Å²) < 4.78 is 6.49. The zero-order valence-electron chi connectivity index (χ0n) is 13.0. The van der Waals surface area contributed by atoms with E-state index >= 15 is 0 Å². The molecule has 0 bridgehead atoms. The van der Waals surface area contributed by atoms with Crippen LogP contribution in [0.3, 0.4) is 0 Å². The highest BCUT2D eigenvalue weighted by atomic mass is 16.5. The number of ether oxygens (including phenoxy) is 1. The smallest absolute Gasteiger partial charge is 0.305 e. The SMILES string of the molecule is COc1ccc(C(CC(=O)O)n2cnc3ccccc3c2=O)cc1. The molecule has 3 aromatic rings. The average Bonchev–Trinajstić information content (AvgIpc) is 2.61. The van der Waals surface area contributed by atoms with Crippen molar-refractivity contribution in [2.45, 2.75) is 12.5 Å². The lowest BCUT2D eigenvalue weighted by Gasteiger charge is -2.19. The number of aliphatic carboxylic acids is 1. The monoisotopic (exact) mass is 324 g/mol. The minimum atomic E-state index is -0.990. The van der Waals surface area contributed by atoms with E-state index in [0.717, 1.165) is 0 Å². The van der Waals surface area contributed by atoms with Crippen LogP contribution < -0.4 is 10.3 Å². The summed E-state index contributed by atoms with van der Waals surface area (Å²) >= 11 is 0. The standard InChI is InChI=1S/C18H16N2O4/c1-24-13-8-6-12(7-9-13)16(10-17(21)22)20-11-19-15-5-3-2-4-14(15)18(20)23/h2-9,11,16H,10H2,1H3,(H,21,22). The summed E-state index contributed by atoms with van der Waals surface area (Å²) in [6.07, 6.45) is 1.19. The van der Waals surface area contributed by atoms with Gasteiger partial charge in [-0.2, -0.15) is 0 Å². The number of hydrogen-bond donors (Lipinski definition) is 1. The Morgan fingerprint density at radius 1 is 1.21 bits per heavy atom. The molecule has 1 aromatic heterocycles. The van der Waals surface area contributed by atoms with Crippen LogP contribution in [-0.4, -0.2) is 27.7 Å². The Labute approximate surface area is 138 Å². The first-order valence-corrected chi connectivity index (χ1v) is 7.42. The first kappa shape index (κ1) is 15.7. The third-order valence-electron chi connectivity index (χ3n) is 3.89. The Balaban J connectivity index is 2.13. The number of methoxy groups -OCH3 is 1. The maximum absolute atomic E-state index is 12.8. The maximum atomic E-state index is 12.8. The molecule has 1 unspecified atom stereocenters. The summed E-state index contributed by atoms with van der Waals surface area (Å²) in [5.74, 6) is -0.326. The normalized spacial score (nSPS) is 12.0. The van der Waals surface area contributed by atoms with Crippen molar-refractivity contribution >= 4 is 16.9 Å². The molecular formula is C18H16N2O4. The van der Waals surface area contributed by atoms with Crippen LogP contribution in [0.2, 0.25) is 0 Å². The van der Waals surface area contributed by atoms with Gasteiger partial charge in [0.15, 0.2) is 0 Å². The summed E-state index contributed by atoms with van der Waals surface area (Å²) in [4.78, 5) is 28.3. The van der Waals surface area contributed by atoms with Crippen LogP contribution >= 0.6 is 0 Å². The number of rotatable bonds is 5. The number of fused-ring (bicyclic) bond motifs is 1. The fourth-order valence-electron chi connectivity index (χ4n) is 2.67. The van der Waals surface area contributed by atoms with Gasteiger partial charge in [-0.1, -0.05) is 24.3 Å². The van der Waals surface area contributed by atoms with Crippen molar-refractivity contribution in [1.82, 2.24) is 9.55 Å². The van der Waals surface area contributed by atoms with Gasteiger partial charge in [0.1, 0.15) is 5.75 Å². The Hall–Kier alpha value is -3.15. The molecule has 0 amide bonds. The third kappa shape index (κ3) is 2.99. The number of hydrogen-bond acceptors (Lipinski definition) is 4. The first-order chi connectivity index (χ1) is 11.6. The molecule has 2 aromatic carbocycles. The number of aromatic nitrogens is 2. The first-order valence-electron chi connectivity index (χ1n) is 7.42. The second-order valence-corrected chi connectivity index (χ2v) is 5.36. The van der Waals surface area contributed by atoms with E-state index in [1.807, 2.05) is 0 Å². The second kappa shape index (κ2) is 6.54. The molecule has 3 rings (SSSR count). The molecule has 1 N–H and O–H groups in total. The second-order valence-electron chi connectivity index (χ2n) is 5.36. The molecule has 0 fully saturated rings. The van der Waals surface area contributed by atoms with Crippen LogP contribution in [-0.2, 0) is 4.79 Å². The molecule has 0 spiro atoms. The van der Waals surface area contributed by atoms with E-state index < -0.39 is 12.0 Å². The van der Waals surface area contributed by atoms with Crippen molar-refractivity contribution in [3.8, 4) is 5.75 Å². The molecule has 0 radical (unpaired) electrons. The molecule has 1 atom stereocenters. The van der Waals surface area contributed by atoms with Crippen molar-refractivity contribution < 1.29 is 14.6 Å². The van der Waals surface area contributed by atoms with Crippen LogP contribution in [0.1, 0.15) is 18.0 Å². The van der Waals surface area contributed by atoms with Crippen LogP contribution in [0.4, 0.5) is 0 Å². The maximum Gasteiger partial charge on any atom is 0.305 e. The van der Waals surface area contributed by atoms with E-state index in [4.69, 9.17) is 4.74 Å². The van der Waals surface area contributed by atoms with E-state index in [2.05, 4.69) is 4.98 Å². The molecule has 6 heteroatoms. The lowest BCUT2D eigenvalue weighted by molar-refractivity contribution is -0.137. The van der Waals surface area contributed by atoms with Gasteiger partial charge in [0.2, 0.25) is 0 Å². The molecule has 122 valence electrons. The van der Waals surface area contributed by atoms with Gasteiger partial charge in [-0.05, 0) is 29.8 Å². The van der Waals surface area contributed by atoms with Gasteiger partial charge in [-0.3, -0.25) is 14.2 Å². The number of carbonyl (C=O) groups is 1. The lowest BCUT2D eigenvalue weighted by Crippen LogP contribution is -2.27. The molecule has 0 aliphatic rings. The van der Waals surface area contributed by atoms with E-state index in [1.54, 1.807) is 55.6 Å². The van der Waals surface area contributed by atoms with Gasteiger partial charge in [0.05, 0.1) is 36.8 Å². The van der Waals surface area contributed by atoms with Crippen LogP contribution in [0.5, 0.6) is 5.75 Å². The van der Waals surface area contributed by atoms with Crippen molar-refractivity contribution in [2.75, 3.05) is 7.11 Å². The largest absolute Gasteiger partial charge is 0.497 e. The quantitative estimate of drug-likeness (QED) is 0.779.